The molecule has 0 aliphatic carbocycles. The molecule has 3 nitrogen and oxygen atoms in total. The molecule has 3 heteroatoms. The smallest absolute Gasteiger partial charge is 0.219 e. The summed E-state index contributed by atoms with van der Waals surface area (Å²) in [7, 11) is 0. The van der Waals surface area contributed by atoms with Gasteiger partial charge >= 0.3 is 0 Å². The molecule has 14 heavy (non-hydrogen) atoms. The molecule has 0 aromatic heterocycles. The van der Waals surface area contributed by atoms with Gasteiger partial charge in [-0.25, -0.2) is 0 Å². The normalized spacial score (nSPS) is 20.6. The molecule has 1 amide bonds. The molecule has 84 valence electrons. The zero-order valence-electron chi connectivity index (χ0n) is 9.64. The first-order chi connectivity index (χ1) is 6.83. The molecule has 1 saturated heterocycles. The van der Waals surface area contributed by atoms with Crippen LogP contribution in [0.1, 0.15) is 46.5 Å². The molecule has 0 aromatic rings. The van der Waals surface area contributed by atoms with E-state index in [-0.39, 0.29) is 12.0 Å². The minimum absolute atomic E-state index is 0.115. The second-order valence-electron chi connectivity index (χ2n) is 3.15. The standard InChI is InChI=1S/C9H17NO2.C2H6/c1-2-9(11)10-7-8-5-3-4-6-12-8;1-2/h8H,2-7H2,1H3,(H,10,11);1-2H3. The van der Waals surface area contributed by atoms with E-state index in [1.54, 1.807) is 0 Å². The molecular weight excluding hydrogens is 178 g/mol. The molecule has 0 radical (unpaired) electrons. The van der Waals surface area contributed by atoms with Crippen LogP contribution in [0.2, 0.25) is 0 Å². The third kappa shape index (κ3) is 5.97. The molecule has 1 atom stereocenters. The SMILES string of the molecule is CC.CCC(=O)NCC1CCCCO1. The molecule has 1 aliphatic rings. The molecule has 0 saturated carbocycles. The summed E-state index contributed by atoms with van der Waals surface area (Å²) < 4.78 is 5.46. The number of hydrogen-bond donors (Lipinski definition) is 1. The van der Waals surface area contributed by atoms with Crippen LogP contribution >= 0.6 is 0 Å². The highest BCUT2D eigenvalue weighted by Gasteiger charge is 2.13. The van der Waals surface area contributed by atoms with Crippen molar-refractivity contribution in [1.29, 1.82) is 0 Å². The monoisotopic (exact) mass is 201 g/mol. The van der Waals surface area contributed by atoms with Gasteiger partial charge in [0.25, 0.3) is 0 Å². The Hall–Kier alpha value is -0.570. The lowest BCUT2D eigenvalue weighted by Crippen LogP contribution is -2.34. The Balaban J connectivity index is 0.000000791. The number of ether oxygens (including phenoxy) is 1. The highest BCUT2D eigenvalue weighted by molar-refractivity contribution is 5.75. The summed E-state index contributed by atoms with van der Waals surface area (Å²) in [6, 6.07) is 0. The molecule has 0 aromatic carbocycles. The van der Waals surface area contributed by atoms with Gasteiger partial charge in [0.1, 0.15) is 0 Å². The quantitative estimate of drug-likeness (QED) is 0.759. The van der Waals surface area contributed by atoms with Gasteiger partial charge in [0.05, 0.1) is 6.10 Å². The lowest BCUT2D eigenvalue weighted by molar-refractivity contribution is -0.121. The summed E-state index contributed by atoms with van der Waals surface area (Å²) in [4.78, 5) is 10.9. The van der Waals surface area contributed by atoms with Gasteiger partial charge < -0.3 is 10.1 Å². The van der Waals surface area contributed by atoms with Gasteiger partial charge in [-0.2, -0.15) is 0 Å². The van der Waals surface area contributed by atoms with Crippen molar-refractivity contribution in [3.05, 3.63) is 0 Å². The van der Waals surface area contributed by atoms with E-state index in [4.69, 9.17) is 4.74 Å². The first kappa shape index (κ1) is 13.4. The molecule has 0 spiro atoms. The van der Waals surface area contributed by atoms with E-state index in [1.807, 2.05) is 20.8 Å². The van der Waals surface area contributed by atoms with Crippen molar-refractivity contribution in [1.82, 2.24) is 5.32 Å². The van der Waals surface area contributed by atoms with E-state index in [0.29, 0.717) is 13.0 Å². The topological polar surface area (TPSA) is 38.3 Å². The minimum Gasteiger partial charge on any atom is -0.376 e. The average molecular weight is 201 g/mol. The van der Waals surface area contributed by atoms with Gasteiger partial charge in [0, 0.05) is 19.6 Å². The molecule has 0 bridgehead atoms. The first-order valence-electron chi connectivity index (χ1n) is 5.71. The zero-order valence-corrected chi connectivity index (χ0v) is 9.64. The average Bonchev–Trinajstić information content (AvgIpc) is 2.30. The van der Waals surface area contributed by atoms with Crippen LogP contribution in [0.5, 0.6) is 0 Å². The number of nitrogens with one attached hydrogen (secondary N) is 1. The van der Waals surface area contributed by atoms with E-state index >= 15 is 0 Å². The maximum absolute atomic E-state index is 10.9. The van der Waals surface area contributed by atoms with Crippen molar-refractivity contribution >= 4 is 5.91 Å². The van der Waals surface area contributed by atoms with Crippen LogP contribution in [0, 0.1) is 0 Å². The van der Waals surface area contributed by atoms with Crippen LogP contribution in [0.25, 0.3) is 0 Å². The number of hydrogen-bond acceptors (Lipinski definition) is 2. The molecular formula is C11H23NO2. The van der Waals surface area contributed by atoms with Gasteiger partial charge in [0.15, 0.2) is 0 Å². The Labute approximate surface area is 87.2 Å². The summed E-state index contributed by atoms with van der Waals surface area (Å²) >= 11 is 0. The number of amides is 1. The predicted molar refractivity (Wildman–Crippen MR) is 58.2 cm³/mol. The summed E-state index contributed by atoms with van der Waals surface area (Å²) in [5, 5.41) is 2.84. The molecule has 1 aliphatic heterocycles. The summed E-state index contributed by atoms with van der Waals surface area (Å²) in [6.45, 7) is 7.40. The van der Waals surface area contributed by atoms with Crippen LogP contribution in [0.3, 0.4) is 0 Å². The van der Waals surface area contributed by atoms with Gasteiger partial charge in [-0.15, -0.1) is 0 Å². The fourth-order valence-electron chi connectivity index (χ4n) is 1.32. The van der Waals surface area contributed by atoms with Gasteiger partial charge in [0.2, 0.25) is 5.91 Å². The van der Waals surface area contributed by atoms with E-state index in [9.17, 15) is 4.79 Å². The van der Waals surface area contributed by atoms with E-state index in [2.05, 4.69) is 5.32 Å². The fraction of sp³-hybridized carbons (Fsp3) is 0.909. The molecule has 1 rings (SSSR count). The maximum Gasteiger partial charge on any atom is 0.219 e. The van der Waals surface area contributed by atoms with Crippen LogP contribution in [0.15, 0.2) is 0 Å². The van der Waals surface area contributed by atoms with E-state index < -0.39 is 0 Å². The second kappa shape index (κ2) is 9.00. The Kier molecular flexibility index (Phi) is 8.64. The van der Waals surface area contributed by atoms with Crippen molar-refractivity contribution < 1.29 is 9.53 Å². The molecule has 1 unspecified atom stereocenters. The maximum atomic E-state index is 10.9. The molecule has 1 N–H and O–H groups in total. The third-order valence-electron chi connectivity index (χ3n) is 2.12. The van der Waals surface area contributed by atoms with Crippen molar-refractivity contribution in [3.63, 3.8) is 0 Å². The van der Waals surface area contributed by atoms with E-state index in [0.717, 1.165) is 19.4 Å². The van der Waals surface area contributed by atoms with Crippen molar-refractivity contribution in [3.8, 4) is 0 Å². The number of rotatable bonds is 3. The highest BCUT2D eigenvalue weighted by Crippen LogP contribution is 2.11. The molecule has 1 fully saturated rings. The van der Waals surface area contributed by atoms with Crippen LogP contribution in [-0.2, 0) is 9.53 Å². The Morgan fingerprint density at radius 1 is 1.43 bits per heavy atom. The lowest BCUT2D eigenvalue weighted by Gasteiger charge is -2.22. The summed E-state index contributed by atoms with van der Waals surface area (Å²) in [6.07, 6.45) is 4.30. The first-order valence-corrected chi connectivity index (χ1v) is 5.71. The zero-order chi connectivity index (χ0) is 10.8. The van der Waals surface area contributed by atoms with Crippen LogP contribution in [0.4, 0.5) is 0 Å². The molecule has 1 heterocycles. The van der Waals surface area contributed by atoms with Crippen LogP contribution < -0.4 is 5.32 Å². The Morgan fingerprint density at radius 2 is 2.14 bits per heavy atom. The largest absolute Gasteiger partial charge is 0.376 e. The summed E-state index contributed by atoms with van der Waals surface area (Å²) in [5.74, 6) is 0.115. The van der Waals surface area contributed by atoms with Crippen LogP contribution in [-0.4, -0.2) is 25.2 Å². The van der Waals surface area contributed by atoms with Crippen molar-refractivity contribution in [2.24, 2.45) is 0 Å². The van der Waals surface area contributed by atoms with E-state index in [1.165, 1.54) is 6.42 Å². The number of carbonyl (C=O) groups excluding carboxylic acids is 1. The number of carbonyl (C=O) groups is 1. The highest BCUT2D eigenvalue weighted by atomic mass is 16.5. The Bertz CT molecular complexity index is 142. The predicted octanol–water partition coefficient (Wildman–Crippen LogP) is 2.11. The van der Waals surface area contributed by atoms with Gasteiger partial charge in [-0.3, -0.25) is 4.79 Å². The Morgan fingerprint density at radius 3 is 2.64 bits per heavy atom. The second-order valence-corrected chi connectivity index (χ2v) is 3.15. The van der Waals surface area contributed by atoms with Gasteiger partial charge in [-0.05, 0) is 19.3 Å². The van der Waals surface area contributed by atoms with Gasteiger partial charge in [-0.1, -0.05) is 20.8 Å². The van der Waals surface area contributed by atoms with Crippen molar-refractivity contribution in [2.45, 2.75) is 52.6 Å². The summed E-state index contributed by atoms with van der Waals surface area (Å²) in [5.41, 5.74) is 0. The fourth-order valence-corrected chi connectivity index (χ4v) is 1.32. The third-order valence-corrected chi connectivity index (χ3v) is 2.12. The van der Waals surface area contributed by atoms with Crippen molar-refractivity contribution in [2.75, 3.05) is 13.2 Å². The lowest BCUT2D eigenvalue weighted by atomic mass is 10.1. The minimum atomic E-state index is 0.115.